The fourth-order valence-electron chi connectivity index (χ4n) is 4.38. The molecule has 176 valence electrons. The number of aryl methyl sites for hydroxylation is 1. The smallest absolute Gasteiger partial charge is 0.261 e. The summed E-state index contributed by atoms with van der Waals surface area (Å²) < 4.78 is 28.7. The number of sulfonamides is 1. The highest BCUT2D eigenvalue weighted by Gasteiger charge is 2.23. The first-order valence-corrected chi connectivity index (χ1v) is 12.4. The zero-order valence-corrected chi connectivity index (χ0v) is 19.6. The third-order valence-corrected chi connectivity index (χ3v) is 7.58. The lowest BCUT2D eigenvalue weighted by Gasteiger charge is -2.28. The summed E-state index contributed by atoms with van der Waals surface area (Å²) in [7, 11) is -3.94. The van der Waals surface area contributed by atoms with Crippen LogP contribution in [-0.4, -0.2) is 35.7 Å². The molecule has 3 heterocycles. The summed E-state index contributed by atoms with van der Waals surface area (Å²) >= 11 is 0. The highest BCUT2D eigenvalue weighted by atomic mass is 32.2. The van der Waals surface area contributed by atoms with Gasteiger partial charge in [-0.3, -0.25) is 14.3 Å². The number of nitriles is 1. The second kappa shape index (κ2) is 8.45. The summed E-state index contributed by atoms with van der Waals surface area (Å²) in [6, 6.07) is 14.4. The number of aromatic amines is 2. The van der Waals surface area contributed by atoms with Gasteiger partial charge in [0.05, 0.1) is 21.7 Å². The monoisotopic (exact) mass is 487 g/mol. The normalized spacial score (nSPS) is 13.3. The van der Waals surface area contributed by atoms with E-state index in [0.717, 1.165) is 16.8 Å². The van der Waals surface area contributed by atoms with E-state index in [4.69, 9.17) is 0 Å². The molecule has 2 aromatic carbocycles. The fourth-order valence-corrected chi connectivity index (χ4v) is 5.45. The van der Waals surface area contributed by atoms with Gasteiger partial charge in [0.25, 0.3) is 15.9 Å². The van der Waals surface area contributed by atoms with Gasteiger partial charge in [-0.25, -0.2) is 8.42 Å². The Morgan fingerprint density at radius 3 is 2.63 bits per heavy atom. The van der Waals surface area contributed by atoms with Crippen molar-refractivity contribution < 1.29 is 13.2 Å². The maximum Gasteiger partial charge on any atom is 0.261 e. The maximum absolute atomic E-state index is 13.0. The van der Waals surface area contributed by atoms with Crippen LogP contribution in [0.3, 0.4) is 0 Å². The Morgan fingerprint density at radius 1 is 1.11 bits per heavy atom. The van der Waals surface area contributed by atoms with Gasteiger partial charge in [0.15, 0.2) is 0 Å². The molecule has 35 heavy (non-hydrogen) atoms. The molecule has 0 spiro atoms. The molecule has 0 fully saturated rings. The van der Waals surface area contributed by atoms with Gasteiger partial charge in [-0.2, -0.15) is 5.26 Å². The van der Waals surface area contributed by atoms with Gasteiger partial charge in [-0.05, 0) is 48.4 Å². The highest BCUT2D eigenvalue weighted by Crippen LogP contribution is 2.30. The van der Waals surface area contributed by atoms with Gasteiger partial charge >= 0.3 is 0 Å². The number of aromatic nitrogens is 2. The summed E-state index contributed by atoms with van der Waals surface area (Å²) in [6.45, 7) is 2.68. The summed E-state index contributed by atoms with van der Waals surface area (Å²) in [5.74, 6) is -0.214. The molecular formula is C25H21N5O4S. The average molecular weight is 488 g/mol. The van der Waals surface area contributed by atoms with Crippen LogP contribution in [0, 0.1) is 18.3 Å². The molecule has 0 unspecified atom stereocenters. The molecule has 0 aliphatic carbocycles. The molecule has 4 aromatic rings. The third kappa shape index (κ3) is 4.06. The SMILES string of the molecule is Cc1ccc(NS(=O)(=O)c2ccc(C(=O)N3CCc4[nH]c(=O)ccc4C3)cc2)c2[nH]cc(C#N)c12. The van der Waals surface area contributed by atoms with Crippen molar-refractivity contribution in [2.45, 2.75) is 24.8 Å². The lowest BCUT2D eigenvalue weighted by Crippen LogP contribution is -2.37. The minimum Gasteiger partial charge on any atom is -0.358 e. The van der Waals surface area contributed by atoms with Crippen molar-refractivity contribution in [2.75, 3.05) is 11.3 Å². The summed E-state index contributed by atoms with van der Waals surface area (Å²) in [6.07, 6.45) is 2.09. The molecule has 0 atom stereocenters. The van der Waals surface area contributed by atoms with Crippen LogP contribution >= 0.6 is 0 Å². The summed E-state index contributed by atoms with van der Waals surface area (Å²) in [5, 5.41) is 9.99. The first-order valence-electron chi connectivity index (χ1n) is 10.9. The zero-order chi connectivity index (χ0) is 24.7. The van der Waals surface area contributed by atoms with Gasteiger partial charge in [0, 0.05) is 48.4 Å². The molecule has 2 aromatic heterocycles. The molecule has 0 bridgehead atoms. The Morgan fingerprint density at radius 2 is 1.89 bits per heavy atom. The first-order chi connectivity index (χ1) is 16.8. The van der Waals surface area contributed by atoms with E-state index in [2.05, 4.69) is 20.8 Å². The van der Waals surface area contributed by atoms with Crippen molar-refractivity contribution in [3.8, 4) is 6.07 Å². The van der Waals surface area contributed by atoms with Gasteiger partial charge < -0.3 is 14.9 Å². The van der Waals surface area contributed by atoms with Crippen LogP contribution in [0.25, 0.3) is 10.9 Å². The first kappa shape index (κ1) is 22.4. The van der Waals surface area contributed by atoms with Crippen LogP contribution in [0.4, 0.5) is 5.69 Å². The number of carbonyl (C=O) groups is 1. The lowest BCUT2D eigenvalue weighted by atomic mass is 10.0. The molecule has 0 saturated heterocycles. The summed E-state index contributed by atoms with van der Waals surface area (Å²) in [4.78, 5) is 32.0. The number of nitrogens with zero attached hydrogens (tertiary/aromatic N) is 2. The van der Waals surface area contributed by atoms with E-state index < -0.39 is 10.0 Å². The van der Waals surface area contributed by atoms with Crippen LogP contribution in [0.15, 0.2) is 64.4 Å². The topological polar surface area (TPSA) is 139 Å². The lowest BCUT2D eigenvalue weighted by molar-refractivity contribution is 0.0733. The van der Waals surface area contributed by atoms with E-state index in [1.54, 1.807) is 29.3 Å². The minimum atomic E-state index is -3.94. The molecule has 5 rings (SSSR count). The Kier molecular flexibility index (Phi) is 5.42. The molecule has 1 amide bonds. The number of rotatable bonds is 4. The second-order valence-electron chi connectivity index (χ2n) is 8.43. The highest BCUT2D eigenvalue weighted by molar-refractivity contribution is 7.92. The standard InChI is InChI=1S/C25H21N5O4S/c1-15-2-8-21(24-23(15)18(12-26)13-27-24)29-35(33,34)19-6-3-16(4-7-19)25(32)30-11-10-20-17(14-30)5-9-22(31)28-20/h2-9,13,27,29H,10-11,14H2,1H3,(H,28,31). The van der Waals surface area contributed by atoms with Crippen LogP contribution in [0.5, 0.6) is 0 Å². The van der Waals surface area contributed by atoms with E-state index in [0.29, 0.717) is 47.2 Å². The number of amides is 1. The predicted molar refractivity (Wildman–Crippen MR) is 131 cm³/mol. The fraction of sp³-hybridized carbons (Fsp3) is 0.160. The second-order valence-corrected chi connectivity index (χ2v) is 10.1. The molecule has 0 radical (unpaired) electrons. The van der Waals surface area contributed by atoms with Crippen LogP contribution in [0.1, 0.15) is 32.7 Å². The van der Waals surface area contributed by atoms with Crippen molar-refractivity contribution in [3.05, 3.63) is 93.0 Å². The number of anilines is 1. The Balaban J connectivity index is 1.36. The molecule has 1 aliphatic heterocycles. The van der Waals surface area contributed by atoms with Gasteiger partial charge in [0.1, 0.15) is 6.07 Å². The van der Waals surface area contributed by atoms with Crippen molar-refractivity contribution in [1.82, 2.24) is 14.9 Å². The zero-order valence-electron chi connectivity index (χ0n) is 18.8. The van der Waals surface area contributed by atoms with E-state index in [1.165, 1.54) is 30.3 Å². The summed E-state index contributed by atoms with van der Waals surface area (Å²) in [5.41, 5.74) is 4.09. The van der Waals surface area contributed by atoms with Crippen molar-refractivity contribution in [2.24, 2.45) is 0 Å². The number of fused-ring (bicyclic) bond motifs is 2. The third-order valence-electron chi connectivity index (χ3n) is 6.20. The van der Waals surface area contributed by atoms with Crippen molar-refractivity contribution >= 4 is 32.5 Å². The number of hydrogen-bond donors (Lipinski definition) is 3. The van der Waals surface area contributed by atoms with E-state index >= 15 is 0 Å². The van der Waals surface area contributed by atoms with Crippen LogP contribution < -0.4 is 10.3 Å². The Bertz CT molecular complexity index is 1680. The molecular weight excluding hydrogens is 466 g/mol. The molecule has 9 nitrogen and oxygen atoms in total. The number of hydrogen-bond acceptors (Lipinski definition) is 5. The molecule has 1 aliphatic rings. The molecule has 3 N–H and O–H groups in total. The van der Waals surface area contributed by atoms with E-state index in [9.17, 15) is 23.3 Å². The van der Waals surface area contributed by atoms with Crippen molar-refractivity contribution in [3.63, 3.8) is 0 Å². The Hall–Kier alpha value is -4.36. The van der Waals surface area contributed by atoms with E-state index in [-0.39, 0.29) is 16.4 Å². The van der Waals surface area contributed by atoms with Crippen LogP contribution in [-0.2, 0) is 23.0 Å². The minimum absolute atomic E-state index is 0.0106. The number of benzene rings is 2. The van der Waals surface area contributed by atoms with Gasteiger partial charge in [0.2, 0.25) is 5.56 Å². The van der Waals surface area contributed by atoms with Crippen molar-refractivity contribution in [1.29, 1.82) is 5.26 Å². The average Bonchev–Trinajstić information content (AvgIpc) is 3.30. The Labute approximate surface area is 201 Å². The molecule has 10 heteroatoms. The van der Waals surface area contributed by atoms with Gasteiger partial charge in [-0.15, -0.1) is 0 Å². The number of carbonyl (C=O) groups excluding carboxylic acids is 1. The number of pyridine rings is 1. The number of H-pyrrole nitrogens is 2. The molecule has 0 saturated carbocycles. The largest absolute Gasteiger partial charge is 0.358 e. The van der Waals surface area contributed by atoms with Gasteiger partial charge in [-0.1, -0.05) is 12.1 Å². The maximum atomic E-state index is 13.0. The number of nitrogens with one attached hydrogen (secondary N) is 3. The van der Waals surface area contributed by atoms with Crippen LogP contribution in [0.2, 0.25) is 0 Å². The quantitative estimate of drug-likeness (QED) is 0.406. The predicted octanol–water partition coefficient (Wildman–Crippen LogP) is 3.04. The van der Waals surface area contributed by atoms with E-state index in [1.807, 2.05) is 6.92 Å².